The highest BCUT2D eigenvalue weighted by Crippen LogP contribution is 2.41. The Labute approximate surface area is 118 Å². The van der Waals surface area contributed by atoms with Crippen molar-refractivity contribution in [2.24, 2.45) is 0 Å². The Morgan fingerprint density at radius 1 is 1.58 bits per heavy atom. The van der Waals surface area contributed by atoms with Crippen LogP contribution in [0.2, 0.25) is 0 Å². The summed E-state index contributed by atoms with van der Waals surface area (Å²) in [6.45, 7) is -3.96. The van der Waals surface area contributed by atoms with Crippen molar-refractivity contribution >= 4 is 18.7 Å². The zero-order chi connectivity index (χ0) is 18.3. The first-order chi connectivity index (χ1) is 10.9. The summed E-state index contributed by atoms with van der Waals surface area (Å²) >= 11 is 0. The van der Waals surface area contributed by atoms with Crippen LogP contribution in [0.15, 0.2) is 24.4 Å². The molecule has 1 aromatic heterocycles. The number of fused-ring (bicyclic) bond motifs is 1. The molecule has 2 unspecified atom stereocenters. The van der Waals surface area contributed by atoms with Gasteiger partial charge in [0, 0.05) is 30.5 Å². The topological polar surface area (TPSA) is 85.8 Å². The Balaban J connectivity index is 2.47. The molecular formula is C12H17N2O4P. The number of benzene rings is 1. The van der Waals surface area contributed by atoms with Crippen LogP contribution in [-0.2, 0) is 11.0 Å². The molecule has 2 atom stereocenters. The Hall–Kier alpha value is -1.33. The number of aromatic amines is 1. The maximum absolute atomic E-state index is 11.1. The molecule has 0 aliphatic heterocycles. The molecule has 0 amide bonds. The number of nitrogens with one attached hydrogen (secondary N) is 1. The minimum Gasteiger partial charge on any atom is -0.404 e. The number of aryl methyl sites for hydroxylation is 1. The fourth-order valence-electron chi connectivity index (χ4n) is 1.70. The molecule has 0 radical (unpaired) electrons. The summed E-state index contributed by atoms with van der Waals surface area (Å²) in [6.07, 6.45) is 0.106. The van der Waals surface area contributed by atoms with E-state index in [0.717, 1.165) is 4.90 Å². The molecule has 2 aromatic rings. The Morgan fingerprint density at radius 2 is 2.37 bits per heavy atom. The molecule has 1 heterocycles. The van der Waals surface area contributed by atoms with E-state index in [9.17, 15) is 4.57 Å². The highest BCUT2D eigenvalue weighted by Gasteiger charge is 2.19. The highest BCUT2D eigenvalue weighted by molar-refractivity contribution is 7.46. The van der Waals surface area contributed by atoms with Crippen molar-refractivity contribution in [1.82, 2.24) is 9.88 Å². The lowest BCUT2D eigenvalue weighted by Gasteiger charge is -2.11. The first kappa shape index (κ1) is 8.76. The van der Waals surface area contributed by atoms with Crippen LogP contribution in [0, 0.1) is 0 Å². The monoisotopic (exact) mass is 289 g/mol. The van der Waals surface area contributed by atoms with Gasteiger partial charge < -0.3 is 14.4 Å². The molecular weight excluding hydrogens is 267 g/mol. The molecule has 6 nitrogen and oxygen atoms in total. The van der Waals surface area contributed by atoms with E-state index in [1.54, 1.807) is 6.07 Å². The first-order valence-corrected chi connectivity index (χ1v) is 6.87. The van der Waals surface area contributed by atoms with Crippen LogP contribution < -0.4 is 4.52 Å². The molecule has 0 spiro atoms. The summed E-state index contributed by atoms with van der Waals surface area (Å²) in [5.74, 6) is -0.141. The second kappa shape index (κ2) is 5.35. The number of rotatable bonds is 5. The van der Waals surface area contributed by atoms with Crippen LogP contribution in [0.25, 0.3) is 10.9 Å². The van der Waals surface area contributed by atoms with Crippen molar-refractivity contribution in [3.63, 3.8) is 0 Å². The van der Waals surface area contributed by atoms with Gasteiger partial charge in [0.2, 0.25) is 0 Å². The number of aromatic nitrogens is 1. The van der Waals surface area contributed by atoms with E-state index >= 15 is 0 Å². The fraction of sp³-hybridized carbons (Fsp3) is 0.333. The van der Waals surface area contributed by atoms with Gasteiger partial charge in [-0.15, -0.1) is 0 Å². The number of hydrogen-bond donors (Lipinski definition) is 3. The molecule has 0 aliphatic rings. The molecule has 7 heteroatoms. The lowest BCUT2D eigenvalue weighted by atomic mass is 10.1. The van der Waals surface area contributed by atoms with E-state index in [-0.39, 0.29) is 16.7 Å². The quantitative estimate of drug-likeness (QED) is 0.730. The molecule has 104 valence electrons. The third-order valence-corrected chi connectivity index (χ3v) is 2.83. The lowest BCUT2D eigenvalue weighted by Crippen LogP contribution is -2.14. The number of phosphoric ester groups is 1. The molecule has 1 aromatic carbocycles. The van der Waals surface area contributed by atoms with Gasteiger partial charge in [-0.05, 0) is 38.1 Å². The van der Waals surface area contributed by atoms with Gasteiger partial charge in [-0.1, -0.05) is 6.07 Å². The predicted molar refractivity (Wildman–Crippen MR) is 73.2 cm³/mol. The van der Waals surface area contributed by atoms with Crippen molar-refractivity contribution in [1.29, 1.82) is 0 Å². The van der Waals surface area contributed by atoms with E-state index in [1.165, 1.54) is 25.4 Å². The molecule has 0 bridgehead atoms. The second-order valence-electron chi connectivity index (χ2n) is 3.93. The van der Waals surface area contributed by atoms with Crippen LogP contribution in [-0.4, -0.2) is 40.2 Å². The van der Waals surface area contributed by atoms with Crippen LogP contribution in [0.5, 0.6) is 5.75 Å². The predicted octanol–water partition coefficient (Wildman–Crippen LogP) is 1.74. The van der Waals surface area contributed by atoms with Crippen LogP contribution >= 0.6 is 7.82 Å². The summed E-state index contributed by atoms with van der Waals surface area (Å²) in [5, 5.41) is 0.233. The van der Waals surface area contributed by atoms with Gasteiger partial charge >= 0.3 is 7.82 Å². The molecule has 2 rings (SSSR count). The maximum atomic E-state index is 11.1. The summed E-state index contributed by atoms with van der Waals surface area (Å²) in [6, 6.07) is 4.46. The van der Waals surface area contributed by atoms with Gasteiger partial charge in [-0.25, -0.2) is 4.57 Å². The number of phosphoric acid groups is 1. The molecule has 3 N–H and O–H groups in total. The zero-order valence-corrected chi connectivity index (χ0v) is 11.0. The van der Waals surface area contributed by atoms with Gasteiger partial charge in [0.05, 0.1) is 0 Å². The summed E-state index contributed by atoms with van der Waals surface area (Å²) in [5.41, 5.74) is 0.669. The summed E-state index contributed by atoms with van der Waals surface area (Å²) in [7, 11) is -3.59. The second-order valence-corrected chi connectivity index (χ2v) is 5.09. The van der Waals surface area contributed by atoms with E-state index in [4.69, 9.17) is 16.6 Å². The third-order valence-electron chi connectivity index (χ3n) is 2.39. The summed E-state index contributed by atoms with van der Waals surface area (Å²) in [4.78, 5) is 21.6. The van der Waals surface area contributed by atoms with Crippen LogP contribution in [0.4, 0.5) is 0 Å². The standard InChI is InChI=1S/C12H17N2O4P/c1-14(2)7-6-9-8-13-10-4-3-5-11(12(9)10)18-19(15,16)17/h3-5,8,13H,6-7H2,1-2H3,(H2,15,16,17)/i1D3,6D,7D. The van der Waals surface area contributed by atoms with Crippen LogP contribution in [0.1, 0.15) is 12.4 Å². The largest absolute Gasteiger partial charge is 0.524 e. The van der Waals surface area contributed by atoms with E-state index in [1.807, 2.05) is 0 Å². The Morgan fingerprint density at radius 3 is 3.05 bits per heavy atom. The molecule has 0 fully saturated rings. The number of H-pyrrole nitrogens is 1. The van der Waals surface area contributed by atoms with E-state index < -0.39 is 27.7 Å². The van der Waals surface area contributed by atoms with Gasteiger partial charge in [0.1, 0.15) is 5.75 Å². The van der Waals surface area contributed by atoms with Crippen molar-refractivity contribution in [3.05, 3.63) is 30.0 Å². The molecule has 19 heavy (non-hydrogen) atoms. The highest BCUT2D eigenvalue weighted by atomic mass is 31.2. The molecule has 0 saturated carbocycles. The molecule has 0 aliphatic carbocycles. The lowest BCUT2D eigenvalue weighted by molar-refractivity contribution is 0.284. The minimum atomic E-state index is -4.81. The normalized spacial score (nSPS) is 20.1. The van der Waals surface area contributed by atoms with Gasteiger partial charge in [-0.3, -0.25) is 9.79 Å². The zero-order valence-electron chi connectivity index (χ0n) is 15.1. The fourth-order valence-corrected chi connectivity index (χ4v) is 2.11. The minimum absolute atomic E-state index is 0.141. The first-order valence-electron chi connectivity index (χ1n) is 8.00. The van der Waals surface area contributed by atoms with Gasteiger partial charge in [0.15, 0.2) is 0 Å². The number of likely N-dealkylation sites (N-methyl/N-ethyl adjacent to an activating group) is 1. The Kier molecular flexibility index (Phi) is 2.47. The SMILES string of the molecule is [2H]C(c1c[nH]c2cccc(OP(=O)(O)O)c12)C([2H])N(C)C([2H])([2H])[2H]. The Bertz CT molecular complexity index is 774. The average Bonchev–Trinajstić information content (AvgIpc) is 2.87. The summed E-state index contributed by atoms with van der Waals surface area (Å²) < 4.78 is 54.0. The number of hydrogen-bond acceptors (Lipinski definition) is 3. The maximum Gasteiger partial charge on any atom is 0.524 e. The van der Waals surface area contributed by atoms with E-state index in [0.29, 0.717) is 5.52 Å². The average molecular weight is 289 g/mol. The van der Waals surface area contributed by atoms with Crippen molar-refractivity contribution in [3.8, 4) is 5.75 Å². The van der Waals surface area contributed by atoms with Crippen molar-refractivity contribution in [2.75, 3.05) is 20.5 Å². The van der Waals surface area contributed by atoms with Crippen molar-refractivity contribution in [2.45, 2.75) is 6.40 Å². The molecule has 0 saturated heterocycles. The smallest absolute Gasteiger partial charge is 0.404 e. The van der Waals surface area contributed by atoms with Crippen molar-refractivity contribution < 1.29 is 25.7 Å². The van der Waals surface area contributed by atoms with E-state index in [2.05, 4.69) is 9.51 Å². The van der Waals surface area contributed by atoms with Gasteiger partial charge in [-0.2, -0.15) is 0 Å². The van der Waals surface area contributed by atoms with Crippen LogP contribution in [0.3, 0.4) is 0 Å². The van der Waals surface area contributed by atoms with Gasteiger partial charge in [0.25, 0.3) is 0 Å². The number of nitrogens with zero attached hydrogens (tertiary/aromatic N) is 1. The third kappa shape index (κ3) is 3.58.